The molecule has 2 aromatic rings. The van der Waals surface area contributed by atoms with E-state index in [-0.39, 0.29) is 6.10 Å². The number of hydrogen-bond acceptors (Lipinski definition) is 5. The zero-order chi connectivity index (χ0) is 21.5. The van der Waals surface area contributed by atoms with Gasteiger partial charge in [0.15, 0.2) is 5.96 Å². The van der Waals surface area contributed by atoms with Crippen LogP contribution in [0.15, 0.2) is 41.4 Å². The summed E-state index contributed by atoms with van der Waals surface area (Å²) in [5, 5.41) is 3.45. The van der Waals surface area contributed by atoms with E-state index in [9.17, 15) is 0 Å². The summed E-state index contributed by atoms with van der Waals surface area (Å²) in [6.45, 7) is 4.79. The molecule has 1 aliphatic rings. The van der Waals surface area contributed by atoms with E-state index in [4.69, 9.17) is 18.9 Å². The first kappa shape index (κ1) is 21.8. The first-order valence-corrected chi connectivity index (χ1v) is 10.0. The number of ether oxygens (including phenoxy) is 4. The monoisotopic (exact) mass is 413 g/mol. The van der Waals surface area contributed by atoms with E-state index in [0.29, 0.717) is 30.4 Å². The molecular weight excluding hydrogens is 382 g/mol. The van der Waals surface area contributed by atoms with Crippen molar-refractivity contribution >= 4 is 5.96 Å². The van der Waals surface area contributed by atoms with Crippen LogP contribution in [0, 0.1) is 6.92 Å². The van der Waals surface area contributed by atoms with Crippen molar-refractivity contribution in [3.05, 3.63) is 53.1 Å². The van der Waals surface area contributed by atoms with Crippen molar-refractivity contribution in [2.45, 2.75) is 19.6 Å². The number of guanidine groups is 1. The van der Waals surface area contributed by atoms with Gasteiger partial charge in [-0.1, -0.05) is 24.3 Å². The van der Waals surface area contributed by atoms with E-state index >= 15 is 0 Å². The number of nitrogens with zero attached hydrogens (tertiary/aromatic N) is 2. The van der Waals surface area contributed by atoms with E-state index in [2.05, 4.69) is 46.4 Å². The summed E-state index contributed by atoms with van der Waals surface area (Å²) in [7, 11) is 6.70. The summed E-state index contributed by atoms with van der Waals surface area (Å²) in [6.07, 6.45) is 0.0172. The molecule has 0 aromatic heterocycles. The van der Waals surface area contributed by atoms with Gasteiger partial charge in [-0.05, 0) is 18.1 Å². The second-order valence-electron chi connectivity index (χ2n) is 7.07. The van der Waals surface area contributed by atoms with Gasteiger partial charge in [0.05, 0.1) is 46.6 Å². The molecule has 1 unspecified atom stereocenters. The van der Waals surface area contributed by atoms with Crippen molar-refractivity contribution < 1.29 is 18.9 Å². The standard InChI is InChI=1S/C23H31N3O4/c1-16-8-6-7-9-18(16)22-15-26(10-11-30-22)23(24-2)25-14-19-20(28-4)12-17(27-3)13-21(19)29-5/h6-9,12-13,22H,10-11,14-15H2,1-5H3,(H,24,25). The molecule has 0 bridgehead atoms. The third-order valence-corrected chi connectivity index (χ3v) is 5.35. The smallest absolute Gasteiger partial charge is 0.194 e. The molecule has 3 rings (SSSR count). The molecule has 30 heavy (non-hydrogen) atoms. The lowest BCUT2D eigenvalue weighted by molar-refractivity contribution is -0.00834. The Balaban J connectivity index is 1.74. The van der Waals surface area contributed by atoms with E-state index in [0.717, 1.165) is 24.6 Å². The summed E-state index contributed by atoms with van der Waals surface area (Å²) in [5.41, 5.74) is 3.36. The molecule has 1 N–H and O–H groups in total. The summed E-state index contributed by atoms with van der Waals surface area (Å²) >= 11 is 0. The van der Waals surface area contributed by atoms with Gasteiger partial charge in [0, 0.05) is 25.7 Å². The zero-order valence-corrected chi connectivity index (χ0v) is 18.4. The van der Waals surface area contributed by atoms with Crippen molar-refractivity contribution in [3.8, 4) is 17.2 Å². The minimum absolute atomic E-state index is 0.0172. The van der Waals surface area contributed by atoms with E-state index in [1.807, 2.05) is 12.1 Å². The van der Waals surface area contributed by atoms with Crippen LogP contribution in [0.25, 0.3) is 0 Å². The van der Waals surface area contributed by atoms with Gasteiger partial charge in [-0.3, -0.25) is 4.99 Å². The number of aryl methyl sites for hydroxylation is 1. The lowest BCUT2D eigenvalue weighted by atomic mass is 10.0. The average Bonchev–Trinajstić information content (AvgIpc) is 2.79. The average molecular weight is 414 g/mol. The minimum atomic E-state index is 0.0172. The van der Waals surface area contributed by atoms with E-state index < -0.39 is 0 Å². The first-order valence-electron chi connectivity index (χ1n) is 10.0. The normalized spacial score (nSPS) is 16.9. The van der Waals surface area contributed by atoms with Gasteiger partial charge in [0.25, 0.3) is 0 Å². The number of benzene rings is 2. The van der Waals surface area contributed by atoms with Crippen LogP contribution >= 0.6 is 0 Å². The highest BCUT2D eigenvalue weighted by atomic mass is 16.5. The third kappa shape index (κ3) is 4.79. The molecule has 1 heterocycles. The number of nitrogens with one attached hydrogen (secondary N) is 1. The fraction of sp³-hybridized carbons (Fsp3) is 0.435. The lowest BCUT2D eigenvalue weighted by Gasteiger charge is -2.36. The van der Waals surface area contributed by atoms with Crippen LogP contribution in [0.5, 0.6) is 17.2 Å². The van der Waals surface area contributed by atoms with Crippen molar-refractivity contribution in [1.29, 1.82) is 0 Å². The van der Waals surface area contributed by atoms with Crippen molar-refractivity contribution in [1.82, 2.24) is 10.2 Å². The van der Waals surface area contributed by atoms with Crippen LogP contribution < -0.4 is 19.5 Å². The van der Waals surface area contributed by atoms with Gasteiger partial charge in [0.1, 0.15) is 23.4 Å². The molecule has 0 spiro atoms. The van der Waals surface area contributed by atoms with Gasteiger partial charge < -0.3 is 29.2 Å². The Kier molecular flexibility index (Phi) is 7.41. The molecule has 0 radical (unpaired) electrons. The molecule has 162 valence electrons. The van der Waals surface area contributed by atoms with Crippen LogP contribution in [-0.2, 0) is 11.3 Å². The van der Waals surface area contributed by atoms with Crippen LogP contribution in [0.2, 0.25) is 0 Å². The third-order valence-electron chi connectivity index (χ3n) is 5.35. The first-order chi connectivity index (χ1) is 14.6. The Morgan fingerprint density at radius 3 is 2.43 bits per heavy atom. The maximum absolute atomic E-state index is 6.05. The molecule has 7 heteroatoms. The maximum Gasteiger partial charge on any atom is 0.194 e. The SMILES string of the molecule is CN=C(NCc1c(OC)cc(OC)cc1OC)N1CCOC(c2ccccc2C)C1. The Bertz CT molecular complexity index is 859. The quantitative estimate of drug-likeness (QED) is 0.580. The van der Waals surface area contributed by atoms with Crippen molar-refractivity contribution in [3.63, 3.8) is 0 Å². The molecule has 0 aliphatic carbocycles. The largest absolute Gasteiger partial charge is 0.496 e. The zero-order valence-electron chi connectivity index (χ0n) is 18.4. The number of methoxy groups -OCH3 is 3. The minimum Gasteiger partial charge on any atom is -0.496 e. The Morgan fingerprint density at radius 2 is 1.83 bits per heavy atom. The Labute approximate surface area is 178 Å². The van der Waals surface area contributed by atoms with Crippen molar-refractivity contribution in [2.24, 2.45) is 4.99 Å². The number of aliphatic imine (C=N–C) groups is 1. The highest BCUT2D eigenvalue weighted by Gasteiger charge is 2.25. The maximum atomic E-state index is 6.05. The number of hydrogen-bond donors (Lipinski definition) is 1. The van der Waals surface area contributed by atoms with Gasteiger partial charge in [-0.2, -0.15) is 0 Å². The highest BCUT2D eigenvalue weighted by Crippen LogP contribution is 2.34. The van der Waals surface area contributed by atoms with Gasteiger partial charge in [0.2, 0.25) is 0 Å². The fourth-order valence-electron chi connectivity index (χ4n) is 3.73. The molecule has 0 saturated carbocycles. The van der Waals surface area contributed by atoms with Crippen LogP contribution in [-0.4, -0.2) is 58.9 Å². The van der Waals surface area contributed by atoms with Crippen molar-refractivity contribution in [2.75, 3.05) is 48.1 Å². The Hall–Kier alpha value is -2.93. The van der Waals surface area contributed by atoms with Gasteiger partial charge in [-0.25, -0.2) is 0 Å². The summed E-state index contributed by atoms with van der Waals surface area (Å²) in [5.74, 6) is 2.91. The molecule has 7 nitrogen and oxygen atoms in total. The van der Waals surface area contributed by atoms with Gasteiger partial charge in [-0.15, -0.1) is 0 Å². The number of rotatable bonds is 6. The molecule has 0 amide bonds. The number of morpholine rings is 1. The molecule has 1 saturated heterocycles. The van der Waals surface area contributed by atoms with Crippen LogP contribution in [0.4, 0.5) is 0 Å². The topological polar surface area (TPSA) is 64.6 Å². The molecule has 2 aromatic carbocycles. The molecular formula is C23H31N3O4. The lowest BCUT2D eigenvalue weighted by Crippen LogP contribution is -2.48. The predicted molar refractivity (Wildman–Crippen MR) is 118 cm³/mol. The van der Waals surface area contributed by atoms with E-state index in [1.54, 1.807) is 28.4 Å². The second-order valence-corrected chi connectivity index (χ2v) is 7.07. The second kappa shape index (κ2) is 10.2. The predicted octanol–water partition coefficient (Wildman–Crippen LogP) is 3.17. The van der Waals surface area contributed by atoms with Gasteiger partial charge >= 0.3 is 0 Å². The Morgan fingerprint density at radius 1 is 1.13 bits per heavy atom. The summed E-state index contributed by atoms with van der Waals surface area (Å²) < 4.78 is 22.5. The van der Waals surface area contributed by atoms with Crippen LogP contribution in [0.1, 0.15) is 22.8 Å². The molecule has 1 aliphatic heterocycles. The summed E-state index contributed by atoms with van der Waals surface area (Å²) in [4.78, 5) is 6.72. The van der Waals surface area contributed by atoms with E-state index in [1.165, 1.54) is 11.1 Å². The van der Waals surface area contributed by atoms with Crippen LogP contribution in [0.3, 0.4) is 0 Å². The molecule has 1 fully saturated rings. The fourth-order valence-corrected chi connectivity index (χ4v) is 3.73. The highest BCUT2D eigenvalue weighted by molar-refractivity contribution is 5.80. The summed E-state index contributed by atoms with van der Waals surface area (Å²) in [6, 6.07) is 12.1. The molecule has 1 atom stereocenters.